The van der Waals surface area contributed by atoms with Crippen molar-refractivity contribution in [3.63, 3.8) is 0 Å². The van der Waals surface area contributed by atoms with Gasteiger partial charge in [0.05, 0.1) is 23.0 Å². The zero-order chi connectivity index (χ0) is 22.2. The average Bonchev–Trinajstić information content (AvgIpc) is 3.37. The number of nitrogens with zero attached hydrogens (tertiary/aromatic N) is 6. The summed E-state index contributed by atoms with van der Waals surface area (Å²) in [5, 5.41) is 12.9. The molecule has 158 valence electrons. The Bertz CT molecular complexity index is 1460. The van der Waals surface area contributed by atoms with Crippen molar-refractivity contribution in [2.75, 3.05) is 5.32 Å². The summed E-state index contributed by atoms with van der Waals surface area (Å²) < 4.78 is 16.4. The summed E-state index contributed by atoms with van der Waals surface area (Å²) in [4.78, 5) is 21.4. The Hall–Kier alpha value is -4.11. The molecule has 0 bridgehead atoms. The fourth-order valence-corrected chi connectivity index (χ4v) is 3.52. The highest BCUT2D eigenvalue weighted by molar-refractivity contribution is 6.30. The van der Waals surface area contributed by atoms with Crippen molar-refractivity contribution in [2.45, 2.75) is 6.92 Å². The van der Waals surface area contributed by atoms with E-state index >= 15 is 0 Å². The second kappa shape index (κ2) is 7.86. The highest BCUT2D eigenvalue weighted by Gasteiger charge is 2.18. The molecule has 0 aliphatic heterocycles. The van der Waals surface area contributed by atoms with Crippen LogP contribution in [0, 0.1) is 12.7 Å². The first-order valence-electron chi connectivity index (χ1n) is 9.58. The van der Waals surface area contributed by atoms with Gasteiger partial charge in [0.2, 0.25) is 0 Å². The number of benzene rings is 2. The minimum Gasteiger partial charge on any atom is -0.306 e. The second-order valence-corrected chi connectivity index (χ2v) is 7.45. The molecule has 3 aromatic heterocycles. The van der Waals surface area contributed by atoms with E-state index in [0.717, 1.165) is 5.69 Å². The maximum atomic E-state index is 13.2. The van der Waals surface area contributed by atoms with Gasteiger partial charge >= 0.3 is 0 Å². The molecule has 10 heteroatoms. The van der Waals surface area contributed by atoms with Crippen LogP contribution in [-0.2, 0) is 0 Å². The Balaban J connectivity index is 1.56. The van der Waals surface area contributed by atoms with Crippen LogP contribution in [0.25, 0.3) is 22.5 Å². The van der Waals surface area contributed by atoms with Crippen LogP contribution in [0.1, 0.15) is 16.1 Å². The van der Waals surface area contributed by atoms with Crippen molar-refractivity contribution in [1.82, 2.24) is 29.5 Å². The molecule has 0 unspecified atom stereocenters. The predicted octanol–water partition coefficient (Wildman–Crippen LogP) is 4.35. The first kappa shape index (κ1) is 19.8. The van der Waals surface area contributed by atoms with Crippen molar-refractivity contribution >= 4 is 34.4 Å². The molecule has 0 atom stereocenters. The van der Waals surface area contributed by atoms with Gasteiger partial charge in [0.25, 0.3) is 5.91 Å². The molecule has 5 rings (SSSR count). The van der Waals surface area contributed by atoms with Gasteiger partial charge in [-0.2, -0.15) is 14.9 Å². The molecule has 1 amide bonds. The lowest BCUT2D eigenvalue weighted by Crippen LogP contribution is -2.15. The molecule has 8 nitrogen and oxygen atoms in total. The molecule has 1 N–H and O–H groups in total. The molecule has 0 aliphatic carbocycles. The number of nitrogens with one attached hydrogen (secondary N) is 1. The number of amides is 1. The molecule has 2 aromatic carbocycles. The van der Waals surface area contributed by atoms with Crippen LogP contribution >= 0.6 is 11.6 Å². The lowest BCUT2D eigenvalue weighted by atomic mass is 10.2. The zero-order valence-corrected chi connectivity index (χ0v) is 17.5. The number of hydrogen-bond donors (Lipinski definition) is 1. The largest absolute Gasteiger partial charge is 0.306 e. The number of halogens is 2. The molecule has 0 saturated carbocycles. The summed E-state index contributed by atoms with van der Waals surface area (Å²) in [5.74, 6) is 0.0479. The number of carbonyl (C=O) groups excluding carboxylic acids is 1. The smallest absolute Gasteiger partial charge is 0.256 e. The molecule has 0 saturated heterocycles. The average molecular weight is 448 g/mol. The van der Waals surface area contributed by atoms with Crippen LogP contribution in [0.5, 0.6) is 0 Å². The van der Waals surface area contributed by atoms with Crippen LogP contribution in [0.4, 0.5) is 10.2 Å². The van der Waals surface area contributed by atoms with E-state index in [2.05, 4.69) is 25.5 Å². The standard InChI is InChI=1S/C22H15ClFN7O/c1-13-9-19(28-22(32)14-5-7-16(24)8-6-14)31(29-13)21-18-11-27-30(20(18)25-12-26-21)17-4-2-3-15(23)10-17/h2-12H,1H3,(H,28,32). The van der Waals surface area contributed by atoms with E-state index in [1.54, 1.807) is 36.0 Å². The van der Waals surface area contributed by atoms with Crippen molar-refractivity contribution in [3.05, 3.63) is 89.2 Å². The zero-order valence-electron chi connectivity index (χ0n) is 16.7. The lowest BCUT2D eigenvalue weighted by molar-refractivity contribution is 0.102. The first-order valence-corrected chi connectivity index (χ1v) is 9.96. The summed E-state index contributed by atoms with van der Waals surface area (Å²) in [5.41, 5.74) is 2.30. The third kappa shape index (κ3) is 3.58. The Kier molecular flexibility index (Phi) is 4.87. The van der Waals surface area contributed by atoms with Gasteiger partial charge in [-0.05, 0) is 49.4 Å². The molecular weight excluding hydrogens is 433 g/mol. The minimum absolute atomic E-state index is 0.318. The maximum absolute atomic E-state index is 13.2. The van der Waals surface area contributed by atoms with Gasteiger partial charge in [-0.15, -0.1) is 0 Å². The molecule has 0 radical (unpaired) electrons. The van der Waals surface area contributed by atoms with Crippen LogP contribution in [-0.4, -0.2) is 35.4 Å². The number of rotatable bonds is 4. The second-order valence-electron chi connectivity index (χ2n) is 7.01. The van der Waals surface area contributed by atoms with Gasteiger partial charge in [0.1, 0.15) is 18.0 Å². The van der Waals surface area contributed by atoms with Gasteiger partial charge in [0.15, 0.2) is 11.5 Å². The van der Waals surface area contributed by atoms with Crippen LogP contribution in [0.2, 0.25) is 5.02 Å². The molecule has 5 aromatic rings. The van der Waals surface area contributed by atoms with E-state index in [9.17, 15) is 9.18 Å². The van der Waals surface area contributed by atoms with E-state index in [1.807, 2.05) is 12.1 Å². The summed E-state index contributed by atoms with van der Waals surface area (Å²) >= 11 is 6.12. The highest BCUT2D eigenvalue weighted by atomic mass is 35.5. The molecular formula is C22H15ClFN7O. The number of hydrogen-bond acceptors (Lipinski definition) is 5. The Morgan fingerprint density at radius 3 is 2.66 bits per heavy atom. The van der Waals surface area contributed by atoms with Crippen molar-refractivity contribution in [2.24, 2.45) is 0 Å². The molecule has 3 heterocycles. The van der Waals surface area contributed by atoms with Crippen LogP contribution < -0.4 is 5.32 Å². The number of aryl methyl sites for hydroxylation is 1. The minimum atomic E-state index is -0.414. The molecule has 0 aliphatic rings. The monoisotopic (exact) mass is 447 g/mol. The lowest BCUT2D eigenvalue weighted by Gasteiger charge is -2.09. The van der Waals surface area contributed by atoms with E-state index < -0.39 is 11.7 Å². The van der Waals surface area contributed by atoms with E-state index in [0.29, 0.717) is 38.9 Å². The Morgan fingerprint density at radius 1 is 1.06 bits per heavy atom. The van der Waals surface area contributed by atoms with E-state index in [4.69, 9.17) is 11.6 Å². The maximum Gasteiger partial charge on any atom is 0.256 e. The number of anilines is 1. The fraction of sp³-hybridized carbons (Fsp3) is 0.0455. The van der Waals surface area contributed by atoms with E-state index in [1.165, 1.54) is 35.3 Å². The molecule has 0 fully saturated rings. The quantitative estimate of drug-likeness (QED) is 0.442. The number of aromatic nitrogens is 6. The van der Waals surface area contributed by atoms with Gasteiger partial charge in [0, 0.05) is 16.7 Å². The number of fused-ring (bicyclic) bond motifs is 1. The van der Waals surface area contributed by atoms with Crippen LogP contribution in [0.3, 0.4) is 0 Å². The van der Waals surface area contributed by atoms with Crippen molar-refractivity contribution in [1.29, 1.82) is 0 Å². The topological polar surface area (TPSA) is 90.5 Å². The SMILES string of the molecule is Cc1cc(NC(=O)c2ccc(F)cc2)n(-c2ncnc3c2cnn3-c2cccc(Cl)c2)n1. The summed E-state index contributed by atoms with van der Waals surface area (Å²) in [6.07, 6.45) is 3.04. The van der Waals surface area contributed by atoms with Crippen molar-refractivity contribution in [3.8, 4) is 11.5 Å². The highest BCUT2D eigenvalue weighted by Crippen LogP contribution is 2.25. The summed E-state index contributed by atoms with van der Waals surface area (Å²) in [6.45, 7) is 1.80. The summed E-state index contributed by atoms with van der Waals surface area (Å²) in [7, 11) is 0. The van der Waals surface area contributed by atoms with Gasteiger partial charge in [-0.3, -0.25) is 4.79 Å². The normalized spacial score (nSPS) is 11.1. The van der Waals surface area contributed by atoms with Gasteiger partial charge < -0.3 is 5.32 Å². The fourth-order valence-electron chi connectivity index (χ4n) is 3.34. The predicted molar refractivity (Wildman–Crippen MR) is 118 cm³/mol. The Morgan fingerprint density at radius 2 is 1.88 bits per heavy atom. The van der Waals surface area contributed by atoms with Crippen LogP contribution in [0.15, 0.2) is 67.1 Å². The van der Waals surface area contributed by atoms with E-state index in [-0.39, 0.29) is 0 Å². The van der Waals surface area contributed by atoms with Gasteiger partial charge in [-0.1, -0.05) is 17.7 Å². The number of carbonyl (C=O) groups is 1. The Labute approximate surface area is 186 Å². The van der Waals surface area contributed by atoms with Crippen molar-refractivity contribution < 1.29 is 9.18 Å². The first-order chi connectivity index (χ1) is 15.5. The third-order valence-corrected chi connectivity index (χ3v) is 5.01. The molecule has 0 spiro atoms. The molecule has 32 heavy (non-hydrogen) atoms. The summed E-state index contributed by atoms with van der Waals surface area (Å²) in [6, 6.07) is 14.3. The van der Waals surface area contributed by atoms with Gasteiger partial charge in [-0.25, -0.2) is 19.0 Å². The third-order valence-electron chi connectivity index (χ3n) is 4.78.